The highest BCUT2D eigenvalue weighted by Gasteiger charge is 2.08. The number of rotatable bonds is 3. The number of hydrogen-bond donors (Lipinski definition) is 2. The first-order chi connectivity index (χ1) is 6.19. The number of halogens is 1. The number of hydrogen-bond acceptors (Lipinski definition) is 2. The standard InChI is InChI=1S/C10H13BrN2/c1-3-10(13-12)8-6-7(2)4-5-9(8)11/h3-6,10,13H,1,12H2,2H3. The van der Waals surface area contributed by atoms with E-state index in [1.165, 1.54) is 5.56 Å². The molecular formula is C10H13BrN2. The van der Waals surface area contributed by atoms with Crippen LogP contribution in [0.4, 0.5) is 0 Å². The number of aryl methyl sites for hydroxylation is 1. The average Bonchev–Trinajstić information content (AvgIpc) is 2.13. The SMILES string of the molecule is C=CC(NN)c1cc(C)ccc1Br. The van der Waals surface area contributed by atoms with Crippen molar-refractivity contribution in [2.45, 2.75) is 13.0 Å². The molecule has 0 spiro atoms. The zero-order chi connectivity index (χ0) is 9.84. The predicted octanol–water partition coefficient (Wildman–Crippen LogP) is 2.45. The van der Waals surface area contributed by atoms with Crippen molar-refractivity contribution in [1.29, 1.82) is 0 Å². The Morgan fingerprint density at radius 3 is 2.85 bits per heavy atom. The lowest BCUT2D eigenvalue weighted by molar-refractivity contribution is 0.654. The molecule has 1 aromatic rings. The molecule has 0 bridgehead atoms. The normalized spacial score (nSPS) is 12.5. The Morgan fingerprint density at radius 2 is 2.31 bits per heavy atom. The van der Waals surface area contributed by atoms with E-state index in [2.05, 4.69) is 34.0 Å². The van der Waals surface area contributed by atoms with Gasteiger partial charge in [-0.1, -0.05) is 39.7 Å². The average molecular weight is 241 g/mol. The summed E-state index contributed by atoms with van der Waals surface area (Å²) in [5.74, 6) is 5.39. The molecule has 1 atom stereocenters. The molecule has 0 aliphatic heterocycles. The van der Waals surface area contributed by atoms with Crippen LogP contribution in [0.15, 0.2) is 35.3 Å². The van der Waals surface area contributed by atoms with Crippen LogP contribution in [0.1, 0.15) is 17.2 Å². The van der Waals surface area contributed by atoms with Gasteiger partial charge in [-0.15, -0.1) is 6.58 Å². The molecule has 3 heteroatoms. The summed E-state index contributed by atoms with van der Waals surface area (Å²) in [5, 5.41) is 0. The van der Waals surface area contributed by atoms with Crippen molar-refractivity contribution >= 4 is 15.9 Å². The summed E-state index contributed by atoms with van der Waals surface area (Å²) < 4.78 is 1.04. The molecule has 1 unspecified atom stereocenters. The molecule has 0 amide bonds. The van der Waals surface area contributed by atoms with Gasteiger partial charge >= 0.3 is 0 Å². The zero-order valence-corrected chi connectivity index (χ0v) is 9.14. The second-order valence-electron chi connectivity index (χ2n) is 2.91. The fourth-order valence-corrected chi connectivity index (χ4v) is 1.68. The van der Waals surface area contributed by atoms with Gasteiger partial charge in [0, 0.05) is 4.47 Å². The van der Waals surface area contributed by atoms with Crippen molar-refractivity contribution in [3.8, 4) is 0 Å². The maximum atomic E-state index is 5.39. The molecule has 0 fully saturated rings. The summed E-state index contributed by atoms with van der Waals surface area (Å²) in [4.78, 5) is 0. The highest BCUT2D eigenvalue weighted by atomic mass is 79.9. The van der Waals surface area contributed by atoms with Gasteiger partial charge in [-0.05, 0) is 18.6 Å². The van der Waals surface area contributed by atoms with Gasteiger partial charge in [0.25, 0.3) is 0 Å². The number of nitrogens with two attached hydrogens (primary N) is 1. The smallest absolute Gasteiger partial charge is 0.0649 e. The van der Waals surface area contributed by atoms with E-state index in [1.54, 1.807) is 6.08 Å². The summed E-state index contributed by atoms with van der Waals surface area (Å²) in [6, 6.07) is 6.13. The van der Waals surface area contributed by atoms with Crippen molar-refractivity contribution in [3.63, 3.8) is 0 Å². The quantitative estimate of drug-likeness (QED) is 0.484. The summed E-state index contributed by atoms with van der Waals surface area (Å²) >= 11 is 3.47. The van der Waals surface area contributed by atoms with Gasteiger partial charge in [0.05, 0.1) is 6.04 Å². The minimum atomic E-state index is -0.00530. The van der Waals surface area contributed by atoms with E-state index in [1.807, 2.05) is 19.1 Å². The van der Waals surface area contributed by atoms with E-state index in [9.17, 15) is 0 Å². The van der Waals surface area contributed by atoms with E-state index >= 15 is 0 Å². The topological polar surface area (TPSA) is 38.0 Å². The summed E-state index contributed by atoms with van der Waals surface area (Å²) in [5.41, 5.74) is 5.01. The maximum Gasteiger partial charge on any atom is 0.0649 e. The van der Waals surface area contributed by atoms with E-state index in [0.717, 1.165) is 10.0 Å². The predicted molar refractivity (Wildman–Crippen MR) is 59.1 cm³/mol. The van der Waals surface area contributed by atoms with E-state index in [0.29, 0.717) is 0 Å². The van der Waals surface area contributed by atoms with E-state index in [4.69, 9.17) is 5.84 Å². The van der Waals surface area contributed by atoms with Gasteiger partial charge in [0.1, 0.15) is 0 Å². The first kappa shape index (κ1) is 10.4. The molecule has 0 aliphatic rings. The Hall–Kier alpha value is -0.640. The molecular weight excluding hydrogens is 228 g/mol. The first-order valence-electron chi connectivity index (χ1n) is 4.03. The Labute approximate surface area is 86.9 Å². The van der Waals surface area contributed by atoms with Gasteiger partial charge in [0.15, 0.2) is 0 Å². The van der Waals surface area contributed by atoms with Crippen LogP contribution in [-0.4, -0.2) is 0 Å². The number of benzene rings is 1. The third-order valence-corrected chi connectivity index (χ3v) is 2.62. The van der Waals surface area contributed by atoms with Gasteiger partial charge in [0.2, 0.25) is 0 Å². The van der Waals surface area contributed by atoms with Gasteiger partial charge in [-0.3, -0.25) is 5.84 Å². The molecule has 13 heavy (non-hydrogen) atoms. The molecule has 0 aliphatic carbocycles. The minimum Gasteiger partial charge on any atom is -0.271 e. The third kappa shape index (κ3) is 2.40. The molecule has 0 heterocycles. The molecule has 0 saturated carbocycles. The Morgan fingerprint density at radius 1 is 1.62 bits per heavy atom. The fourth-order valence-electron chi connectivity index (χ4n) is 1.19. The third-order valence-electron chi connectivity index (χ3n) is 1.90. The largest absolute Gasteiger partial charge is 0.271 e. The second-order valence-corrected chi connectivity index (χ2v) is 3.76. The molecule has 70 valence electrons. The summed E-state index contributed by atoms with van der Waals surface area (Å²) in [6.45, 7) is 5.76. The van der Waals surface area contributed by atoms with Crippen molar-refractivity contribution in [3.05, 3.63) is 46.5 Å². The van der Waals surface area contributed by atoms with Crippen LogP contribution in [0, 0.1) is 6.92 Å². The molecule has 0 aromatic heterocycles. The molecule has 1 rings (SSSR count). The van der Waals surface area contributed by atoms with Crippen LogP contribution in [0.25, 0.3) is 0 Å². The van der Waals surface area contributed by atoms with Crippen LogP contribution in [0.3, 0.4) is 0 Å². The Balaban J connectivity index is 3.10. The Bertz CT molecular complexity index is 310. The second kappa shape index (κ2) is 4.56. The zero-order valence-electron chi connectivity index (χ0n) is 7.55. The number of hydrazine groups is 1. The lowest BCUT2D eigenvalue weighted by Crippen LogP contribution is -2.26. The van der Waals surface area contributed by atoms with E-state index in [-0.39, 0.29) is 6.04 Å². The highest BCUT2D eigenvalue weighted by Crippen LogP contribution is 2.24. The lowest BCUT2D eigenvalue weighted by Gasteiger charge is -2.13. The fraction of sp³-hybridized carbons (Fsp3) is 0.200. The van der Waals surface area contributed by atoms with Crippen molar-refractivity contribution in [2.75, 3.05) is 0 Å². The van der Waals surface area contributed by atoms with Crippen molar-refractivity contribution in [1.82, 2.24) is 5.43 Å². The molecule has 3 N–H and O–H groups in total. The highest BCUT2D eigenvalue weighted by molar-refractivity contribution is 9.10. The molecule has 0 saturated heterocycles. The summed E-state index contributed by atoms with van der Waals surface area (Å²) in [7, 11) is 0. The minimum absolute atomic E-state index is 0.00530. The van der Waals surface area contributed by atoms with Crippen molar-refractivity contribution < 1.29 is 0 Å². The van der Waals surface area contributed by atoms with Gasteiger partial charge in [-0.25, -0.2) is 5.43 Å². The maximum absolute atomic E-state index is 5.39. The monoisotopic (exact) mass is 240 g/mol. The Kier molecular flexibility index (Phi) is 3.66. The molecule has 2 nitrogen and oxygen atoms in total. The van der Waals surface area contributed by atoms with Crippen LogP contribution >= 0.6 is 15.9 Å². The van der Waals surface area contributed by atoms with Crippen LogP contribution < -0.4 is 11.3 Å². The van der Waals surface area contributed by atoms with Gasteiger partial charge in [-0.2, -0.15) is 0 Å². The first-order valence-corrected chi connectivity index (χ1v) is 4.83. The van der Waals surface area contributed by atoms with Crippen LogP contribution in [-0.2, 0) is 0 Å². The van der Waals surface area contributed by atoms with Crippen LogP contribution in [0.2, 0.25) is 0 Å². The molecule has 0 radical (unpaired) electrons. The van der Waals surface area contributed by atoms with Gasteiger partial charge < -0.3 is 0 Å². The number of nitrogens with one attached hydrogen (secondary N) is 1. The summed E-state index contributed by atoms with van der Waals surface area (Å²) in [6.07, 6.45) is 1.78. The van der Waals surface area contributed by atoms with Crippen LogP contribution in [0.5, 0.6) is 0 Å². The lowest BCUT2D eigenvalue weighted by atomic mass is 10.1. The molecule has 1 aromatic carbocycles. The van der Waals surface area contributed by atoms with Crippen molar-refractivity contribution in [2.24, 2.45) is 5.84 Å². The van der Waals surface area contributed by atoms with E-state index < -0.39 is 0 Å².